The first-order valence-corrected chi connectivity index (χ1v) is 4.33. The molecule has 0 spiro atoms. The Hall–Kier alpha value is -2.04. The normalized spacial score (nSPS) is 9.20. The summed E-state index contributed by atoms with van der Waals surface area (Å²) >= 11 is 0. The van der Waals surface area contributed by atoms with Crippen molar-refractivity contribution in [1.82, 2.24) is 0 Å². The maximum Gasteiger partial charge on any atom is 0.337 e. The topological polar surface area (TPSA) is 67.4 Å². The van der Waals surface area contributed by atoms with E-state index in [2.05, 4.69) is 15.4 Å². The summed E-state index contributed by atoms with van der Waals surface area (Å²) in [5.74, 6) is -0.413. The molecule has 0 atom stereocenters. The van der Waals surface area contributed by atoms with Gasteiger partial charge in [0.2, 0.25) is 6.41 Å². The highest BCUT2D eigenvalue weighted by atomic mass is 16.5. The van der Waals surface area contributed by atoms with Crippen LogP contribution in [-0.2, 0) is 9.53 Å². The zero-order valence-corrected chi connectivity index (χ0v) is 8.53. The molecule has 0 bridgehead atoms. The monoisotopic (exact) mass is 208 g/mol. The summed E-state index contributed by atoms with van der Waals surface area (Å²) in [4.78, 5) is 21.5. The number of rotatable bonds is 4. The fraction of sp³-hybridized carbons (Fsp3) is 0.200. The number of hydrogen-bond donors (Lipinski definition) is 2. The lowest BCUT2D eigenvalue weighted by atomic mass is 10.1. The summed E-state index contributed by atoms with van der Waals surface area (Å²) in [5, 5.41) is 5.39. The molecule has 1 amide bonds. The van der Waals surface area contributed by atoms with Gasteiger partial charge in [-0.25, -0.2) is 4.79 Å². The quantitative estimate of drug-likeness (QED) is 0.574. The SMILES string of the molecule is CNc1cc(C(=O)OC)ccc1NC=O. The lowest BCUT2D eigenvalue weighted by molar-refractivity contribution is -0.105. The van der Waals surface area contributed by atoms with Crippen LogP contribution in [0.15, 0.2) is 18.2 Å². The predicted molar refractivity (Wildman–Crippen MR) is 57.0 cm³/mol. The van der Waals surface area contributed by atoms with Crippen LogP contribution in [0, 0.1) is 0 Å². The summed E-state index contributed by atoms with van der Waals surface area (Å²) < 4.78 is 4.58. The molecule has 0 aliphatic carbocycles. The second-order valence-corrected chi connectivity index (χ2v) is 2.76. The van der Waals surface area contributed by atoms with E-state index in [0.717, 1.165) is 0 Å². The molecule has 0 radical (unpaired) electrons. The molecular weight excluding hydrogens is 196 g/mol. The molecule has 0 saturated carbocycles. The van der Waals surface area contributed by atoms with Crippen LogP contribution in [0.4, 0.5) is 11.4 Å². The van der Waals surface area contributed by atoms with Crippen molar-refractivity contribution in [3.63, 3.8) is 0 Å². The van der Waals surface area contributed by atoms with Gasteiger partial charge in [0.05, 0.1) is 24.0 Å². The second kappa shape index (κ2) is 4.99. The van der Waals surface area contributed by atoms with Crippen molar-refractivity contribution in [2.45, 2.75) is 0 Å². The van der Waals surface area contributed by atoms with Crippen molar-refractivity contribution in [2.24, 2.45) is 0 Å². The summed E-state index contributed by atoms with van der Waals surface area (Å²) in [6, 6.07) is 4.82. The Labute approximate surface area is 87.4 Å². The molecule has 0 aliphatic rings. The predicted octanol–water partition coefficient (Wildman–Crippen LogP) is 1.08. The third-order valence-corrected chi connectivity index (χ3v) is 1.92. The lowest BCUT2D eigenvalue weighted by Gasteiger charge is -2.09. The van der Waals surface area contributed by atoms with Gasteiger partial charge in [-0.2, -0.15) is 0 Å². The summed E-state index contributed by atoms with van der Waals surface area (Å²) in [6.07, 6.45) is 0.577. The molecule has 0 saturated heterocycles. The average Bonchev–Trinajstić information content (AvgIpc) is 2.29. The second-order valence-electron chi connectivity index (χ2n) is 2.76. The zero-order chi connectivity index (χ0) is 11.3. The van der Waals surface area contributed by atoms with Gasteiger partial charge in [0.25, 0.3) is 0 Å². The van der Waals surface area contributed by atoms with Gasteiger partial charge in [0.15, 0.2) is 0 Å². The molecule has 5 nitrogen and oxygen atoms in total. The van der Waals surface area contributed by atoms with E-state index in [4.69, 9.17) is 0 Å². The number of ether oxygens (including phenoxy) is 1. The molecule has 15 heavy (non-hydrogen) atoms. The third-order valence-electron chi connectivity index (χ3n) is 1.92. The highest BCUT2D eigenvalue weighted by molar-refractivity contribution is 5.93. The van der Waals surface area contributed by atoms with Crippen LogP contribution in [0.5, 0.6) is 0 Å². The Morgan fingerprint density at radius 1 is 1.40 bits per heavy atom. The lowest BCUT2D eigenvalue weighted by Crippen LogP contribution is -2.04. The number of anilines is 2. The van der Waals surface area contributed by atoms with Gasteiger partial charge >= 0.3 is 5.97 Å². The van der Waals surface area contributed by atoms with E-state index in [1.54, 1.807) is 25.2 Å². The van der Waals surface area contributed by atoms with Crippen molar-refractivity contribution >= 4 is 23.8 Å². The molecule has 1 rings (SSSR count). The van der Waals surface area contributed by atoms with Gasteiger partial charge in [-0.3, -0.25) is 4.79 Å². The first kappa shape index (κ1) is 11.0. The number of esters is 1. The summed E-state index contributed by atoms with van der Waals surface area (Å²) in [6.45, 7) is 0. The fourth-order valence-electron chi connectivity index (χ4n) is 1.19. The molecule has 0 heterocycles. The maximum atomic E-state index is 11.2. The van der Waals surface area contributed by atoms with Crippen molar-refractivity contribution in [1.29, 1.82) is 0 Å². The number of carbonyl (C=O) groups is 2. The minimum Gasteiger partial charge on any atom is -0.465 e. The van der Waals surface area contributed by atoms with Crippen LogP contribution in [0.3, 0.4) is 0 Å². The third kappa shape index (κ3) is 2.46. The van der Waals surface area contributed by atoms with Gasteiger partial charge in [0, 0.05) is 7.05 Å². The van der Waals surface area contributed by atoms with Gasteiger partial charge in [0.1, 0.15) is 0 Å². The molecule has 0 aliphatic heterocycles. The number of nitrogens with one attached hydrogen (secondary N) is 2. The number of benzene rings is 1. The van der Waals surface area contributed by atoms with Gasteiger partial charge < -0.3 is 15.4 Å². The molecule has 1 aromatic rings. The standard InChI is InChI=1S/C10H12N2O3/c1-11-9-5-7(10(14)15-2)3-4-8(9)12-6-13/h3-6,11H,1-2H3,(H,12,13). The number of methoxy groups -OCH3 is 1. The molecule has 5 heteroatoms. The molecular formula is C10H12N2O3. The van der Waals surface area contributed by atoms with E-state index in [0.29, 0.717) is 23.3 Å². The van der Waals surface area contributed by atoms with E-state index in [1.807, 2.05) is 0 Å². The summed E-state index contributed by atoms with van der Waals surface area (Å²) in [5.41, 5.74) is 1.70. The van der Waals surface area contributed by atoms with E-state index >= 15 is 0 Å². The number of carbonyl (C=O) groups excluding carboxylic acids is 2. The molecule has 2 N–H and O–H groups in total. The van der Waals surface area contributed by atoms with Crippen molar-refractivity contribution in [3.05, 3.63) is 23.8 Å². The average molecular weight is 208 g/mol. The van der Waals surface area contributed by atoms with Crippen LogP contribution in [0.1, 0.15) is 10.4 Å². The van der Waals surface area contributed by atoms with Gasteiger partial charge in [-0.05, 0) is 18.2 Å². The molecule has 0 aromatic heterocycles. The van der Waals surface area contributed by atoms with Gasteiger partial charge in [-0.1, -0.05) is 0 Å². The first-order chi connectivity index (χ1) is 7.22. The Bertz CT molecular complexity index is 377. The minimum atomic E-state index is -0.413. The van der Waals surface area contributed by atoms with Crippen LogP contribution in [0.25, 0.3) is 0 Å². The van der Waals surface area contributed by atoms with E-state index < -0.39 is 5.97 Å². The molecule has 0 fully saturated rings. The van der Waals surface area contributed by atoms with Crippen LogP contribution >= 0.6 is 0 Å². The summed E-state index contributed by atoms with van der Waals surface area (Å²) in [7, 11) is 3.02. The van der Waals surface area contributed by atoms with Gasteiger partial charge in [-0.15, -0.1) is 0 Å². The van der Waals surface area contributed by atoms with Crippen LogP contribution in [-0.4, -0.2) is 26.5 Å². The van der Waals surface area contributed by atoms with E-state index in [9.17, 15) is 9.59 Å². The molecule has 0 unspecified atom stereocenters. The Kier molecular flexibility index (Phi) is 3.68. The highest BCUT2D eigenvalue weighted by Crippen LogP contribution is 2.22. The Morgan fingerprint density at radius 3 is 2.67 bits per heavy atom. The Morgan fingerprint density at radius 2 is 2.13 bits per heavy atom. The molecule has 80 valence electrons. The van der Waals surface area contributed by atoms with Crippen LogP contribution < -0.4 is 10.6 Å². The largest absolute Gasteiger partial charge is 0.465 e. The zero-order valence-electron chi connectivity index (χ0n) is 8.53. The van der Waals surface area contributed by atoms with Crippen molar-refractivity contribution in [3.8, 4) is 0 Å². The maximum absolute atomic E-state index is 11.2. The van der Waals surface area contributed by atoms with E-state index in [1.165, 1.54) is 7.11 Å². The highest BCUT2D eigenvalue weighted by Gasteiger charge is 2.08. The Balaban J connectivity index is 3.06. The molecule has 1 aromatic carbocycles. The van der Waals surface area contributed by atoms with Crippen LogP contribution in [0.2, 0.25) is 0 Å². The fourth-order valence-corrected chi connectivity index (χ4v) is 1.19. The minimum absolute atomic E-state index is 0.413. The smallest absolute Gasteiger partial charge is 0.337 e. The first-order valence-electron chi connectivity index (χ1n) is 4.33. The van der Waals surface area contributed by atoms with Crippen molar-refractivity contribution < 1.29 is 14.3 Å². The van der Waals surface area contributed by atoms with E-state index in [-0.39, 0.29) is 0 Å². The van der Waals surface area contributed by atoms with Crippen molar-refractivity contribution in [2.75, 3.05) is 24.8 Å². The number of amides is 1. The number of hydrogen-bond acceptors (Lipinski definition) is 4.